The van der Waals surface area contributed by atoms with E-state index in [1.54, 1.807) is 0 Å². The second-order valence-electron chi connectivity index (χ2n) is 5.24. The number of phenolic OH excluding ortho intramolecular Hbond substituents is 2. The van der Waals surface area contributed by atoms with Gasteiger partial charge in [0.05, 0.1) is 11.3 Å². The number of aliphatic carboxylic acids is 1. The highest BCUT2D eigenvalue weighted by atomic mass is 35.5. The second kappa shape index (κ2) is 7.86. The molecule has 0 aliphatic rings. The molecule has 0 saturated heterocycles. The highest BCUT2D eigenvalue weighted by Gasteiger charge is 2.43. The quantitative estimate of drug-likeness (QED) is 0.462. The minimum atomic E-state index is -1.30. The molecule has 1 rings (SSSR count). The van der Waals surface area contributed by atoms with Crippen molar-refractivity contribution in [3.05, 3.63) is 23.8 Å². The van der Waals surface area contributed by atoms with E-state index in [0.29, 0.717) is 5.56 Å². The number of rotatable bonds is 7. The van der Waals surface area contributed by atoms with Crippen LogP contribution in [0, 0.1) is 11.3 Å². The summed E-state index contributed by atoms with van der Waals surface area (Å²) in [7, 11) is 0. The summed E-state index contributed by atoms with van der Waals surface area (Å²) >= 11 is 0. The van der Waals surface area contributed by atoms with E-state index in [-0.39, 0.29) is 43.3 Å². The molecule has 0 fully saturated rings. The third-order valence-electron chi connectivity index (χ3n) is 3.77. The Balaban J connectivity index is 0.00000441. The van der Waals surface area contributed by atoms with Crippen molar-refractivity contribution >= 4 is 24.3 Å². The molecule has 1 aromatic carbocycles. The van der Waals surface area contributed by atoms with Crippen molar-refractivity contribution in [2.24, 2.45) is 22.8 Å². The predicted molar refractivity (Wildman–Crippen MR) is 82.8 cm³/mol. The van der Waals surface area contributed by atoms with E-state index in [2.05, 4.69) is 0 Å². The Morgan fingerprint density at radius 2 is 1.86 bits per heavy atom. The van der Waals surface area contributed by atoms with Gasteiger partial charge in [-0.1, -0.05) is 6.07 Å². The van der Waals surface area contributed by atoms with E-state index in [1.807, 2.05) is 0 Å². The van der Waals surface area contributed by atoms with Crippen molar-refractivity contribution in [2.45, 2.75) is 19.8 Å². The maximum absolute atomic E-state index is 11.7. The van der Waals surface area contributed by atoms with Crippen molar-refractivity contribution in [1.29, 1.82) is 0 Å². The summed E-state index contributed by atoms with van der Waals surface area (Å²) in [5.41, 5.74) is 9.99. The number of phenols is 2. The molecule has 1 amide bonds. The van der Waals surface area contributed by atoms with Crippen LogP contribution < -0.4 is 11.5 Å². The number of hydrogen-bond donors (Lipinski definition) is 5. The molecule has 2 atom stereocenters. The van der Waals surface area contributed by atoms with E-state index in [9.17, 15) is 24.9 Å². The fraction of sp³-hybridized carbons (Fsp3) is 0.429. The number of benzene rings is 1. The van der Waals surface area contributed by atoms with Crippen LogP contribution in [0.4, 0.5) is 0 Å². The molecule has 0 aliphatic carbocycles. The van der Waals surface area contributed by atoms with Crippen molar-refractivity contribution in [3.63, 3.8) is 0 Å². The van der Waals surface area contributed by atoms with Crippen LogP contribution in [-0.2, 0) is 16.0 Å². The third kappa shape index (κ3) is 4.25. The van der Waals surface area contributed by atoms with Gasteiger partial charge in [0.2, 0.25) is 5.91 Å². The minimum Gasteiger partial charge on any atom is -0.504 e. The molecule has 0 aliphatic heterocycles. The van der Waals surface area contributed by atoms with E-state index in [0.717, 1.165) is 0 Å². The van der Waals surface area contributed by atoms with Crippen molar-refractivity contribution in [2.75, 3.05) is 6.54 Å². The van der Waals surface area contributed by atoms with Gasteiger partial charge in [-0.3, -0.25) is 9.59 Å². The Morgan fingerprint density at radius 1 is 1.27 bits per heavy atom. The van der Waals surface area contributed by atoms with Gasteiger partial charge >= 0.3 is 5.97 Å². The monoisotopic (exact) mass is 332 g/mol. The zero-order valence-corrected chi connectivity index (χ0v) is 13.0. The molecule has 2 unspecified atom stereocenters. The van der Waals surface area contributed by atoms with Crippen molar-refractivity contribution < 1.29 is 24.9 Å². The molecule has 7 nitrogen and oxygen atoms in total. The van der Waals surface area contributed by atoms with Gasteiger partial charge in [-0.15, -0.1) is 12.4 Å². The fourth-order valence-electron chi connectivity index (χ4n) is 2.29. The molecule has 0 heterocycles. The van der Waals surface area contributed by atoms with Gasteiger partial charge in [0.25, 0.3) is 0 Å². The zero-order chi connectivity index (χ0) is 16.2. The predicted octanol–water partition coefficient (Wildman–Crippen LogP) is 0.603. The lowest BCUT2D eigenvalue weighted by Crippen LogP contribution is -2.46. The SMILES string of the molecule is CC(CCN)(C(N)=O)C(Cc1ccc(O)c(O)c1)C(=O)O.Cl. The molecule has 22 heavy (non-hydrogen) atoms. The van der Waals surface area contributed by atoms with Gasteiger partial charge < -0.3 is 26.8 Å². The molecule has 8 heteroatoms. The van der Waals surface area contributed by atoms with Gasteiger partial charge in [-0.2, -0.15) is 0 Å². The summed E-state index contributed by atoms with van der Waals surface area (Å²) in [6.45, 7) is 1.60. The maximum Gasteiger partial charge on any atom is 0.307 e. The summed E-state index contributed by atoms with van der Waals surface area (Å²) in [4.78, 5) is 23.2. The number of hydrogen-bond acceptors (Lipinski definition) is 5. The minimum absolute atomic E-state index is 0. The van der Waals surface area contributed by atoms with Gasteiger partial charge in [0.15, 0.2) is 11.5 Å². The Bertz CT molecular complexity index is 552. The Morgan fingerprint density at radius 3 is 2.27 bits per heavy atom. The highest BCUT2D eigenvalue weighted by Crippen LogP contribution is 2.35. The molecule has 0 spiro atoms. The summed E-state index contributed by atoms with van der Waals surface area (Å²) in [6, 6.07) is 4.00. The average molecular weight is 333 g/mol. The molecule has 124 valence electrons. The standard InChI is InChI=1S/C14H20N2O5.ClH/c1-14(4-5-15,13(16)21)9(12(19)20)6-8-2-3-10(17)11(18)7-8;/h2-3,7,9,17-18H,4-6,15H2,1H3,(H2,16,21)(H,19,20);1H. The Hall–Kier alpha value is -1.99. The number of halogens is 1. The van der Waals surface area contributed by atoms with Crippen LogP contribution in [0.5, 0.6) is 11.5 Å². The molecule has 0 aromatic heterocycles. The smallest absolute Gasteiger partial charge is 0.307 e. The number of carboxylic acids is 1. The molecule has 0 radical (unpaired) electrons. The van der Waals surface area contributed by atoms with E-state index in [1.165, 1.54) is 25.1 Å². The maximum atomic E-state index is 11.7. The second-order valence-corrected chi connectivity index (χ2v) is 5.24. The van der Waals surface area contributed by atoms with Crippen LogP contribution in [0.1, 0.15) is 18.9 Å². The molecule has 1 aromatic rings. The van der Waals surface area contributed by atoms with E-state index in [4.69, 9.17) is 11.5 Å². The lowest BCUT2D eigenvalue weighted by Gasteiger charge is -2.32. The number of carbonyl (C=O) groups excluding carboxylic acids is 1. The van der Waals surface area contributed by atoms with Gasteiger partial charge in [-0.25, -0.2) is 0 Å². The Labute approximate surface area is 134 Å². The molecule has 0 bridgehead atoms. The number of amides is 1. The Kier molecular flexibility index (Phi) is 7.15. The molecular formula is C14H21ClN2O5. The first-order valence-electron chi connectivity index (χ1n) is 6.46. The number of aromatic hydroxyl groups is 2. The number of carboxylic acid groups (broad SMARTS) is 1. The van der Waals surface area contributed by atoms with Gasteiger partial charge in [-0.05, 0) is 44.0 Å². The van der Waals surface area contributed by atoms with Crippen molar-refractivity contribution in [1.82, 2.24) is 0 Å². The summed E-state index contributed by atoms with van der Waals surface area (Å²) in [6.07, 6.45) is 0.131. The first kappa shape index (κ1) is 20.0. The normalized spacial score (nSPS) is 14.5. The highest BCUT2D eigenvalue weighted by molar-refractivity contribution is 5.87. The molecule has 7 N–H and O–H groups in total. The van der Waals surface area contributed by atoms with Gasteiger partial charge in [0.1, 0.15) is 0 Å². The van der Waals surface area contributed by atoms with Crippen LogP contribution in [0.3, 0.4) is 0 Å². The van der Waals surface area contributed by atoms with Gasteiger partial charge in [0, 0.05) is 0 Å². The van der Waals surface area contributed by atoms with E-state index < -0.39 is 23.2 Å². The zero-order valence-electron chi connectivity index (χ0n) is 12.2. The molecular weight excluding hydrogens is 312 g/mol. The van der Waals surface area contributed by atoms with Crippen molar-refractivity contribution in [3.8, 4) is 11.5 Å². The van der Waals surface area contributed by atoms with Crippen LogP contribution in [-0.4, -0.2) is 33.7 Å². The third-order valence-corrected chi connectivity index (χ3v) is 3.77. The van der Waals surface area contributed by atoms with Crippen LogP contribution in [0.2, 0.25) is 0 Å². The summed E-state index contributed by atoms with van der Waals surface area (Å²) < 4.78 is 0. The molecule has 0 saturated carbocycles. The number of carbonyl (C=O) groups is 2. The van der Waals surface area contributed by atoms with Crippen LogP contribution >= 0.6 is 12.4 Å². The summed E-state index contributed by atoms with van der Waals surface area (Å²) in [5.74, 6) is -3.63. The largest absolute Gasteiger partial charge is 0.504 e. The first-order chi connectivity index (χ1) is 9.72. The lowest BCUT2D eigenvalue weighted by molar-refractivity contribution is -0.151. The van der Waals surface area contributed by atoms with E-state index >= 15 is 0 Å². The summed E-state index contributed by atoms with van der Waals surface area (Å²) in [5, 5.41) is 28.1. The topological polar surface area (TPSA) is 147 Å². The average Bonchev–Trinajstić information content (AvgIpc) is 2.39. The first-order valence-corrected chi connectivity index (χ1v) is 6.46. The fourth-order valence-corrected chi connectivity index (χ4v) is 2.29. The lowest BCUT2D eigenvalue weighted by atomic mass is 9.71. The number of nitrogens with two attached hydrogens (primary N) is 2. The number of primary amides is 1. The van der Waals surface area contributed by atoms with Crippen LogP contribution in [0.15, 0.2) is 18.2 Å². The van der Waals surface area contributed by atoms with Crippen LogP contribution in [0.25, 0.3) is 0 Å².